The summed E-state index contributed by atoms with van der Waals surface area (Å²) < 4.78 is 13.7. The molecule has 1 aliphatic carbocycles. The van der Waals surface area contributed by atoms with E-state index in [2.05, 4.69) is 22.0 Å². The minimum absolute atomic E-state index is 0.0751. The van der Waals surface area contributed by atoms with Crippen molar-refractivity contribution in [2.45, 2.75) is 25.8 Å². The Balaban J connectivity index is 1.44. The van der Waals surface area contributed by atoms with Gasteiger partial charge in [0, 0.05) is 44.8 Å². The van der Waals surface area contributed by atoms with Crippen molar-refractivity contribution in [1.82, 2.24) is 9.80 Å². The molecule has 1 saturated heterocycles. The van der Waals surface area contributed by atoms with Crippen LogP contribution in [0.15, 0.2) is 36.4 Å². The molecular formula is C18H25FN2. The largest absolute Gasteiger partial charge is 0.301 e. The molecule has 0 radical (unpaired) electrons. The number of benzene rings is 1. The second-order valence-electron chi connectivity index (χ2n) is 6.32. The summed E-state index contributed by atoms with van der Waals surface area (Å²) in [7, 11) is 0. The van der Waals surface area contributed by atoms with Gasteiger partial charge in [0.15, 0.2) is 0 Å². The van der Waals surface area contributed by atoms with E-state index < -0.39 is 0 Å². The maximum atomic E-state index is 13.7. The first-order valence-corrected chi connectivity index (χ1v) is 8.14. The van der Waals surface area contributed by atoms with Crippen molar-refractivity contribution in [2.24, 2.45) is 5.92 Å². The summed E-state index contributed by atoms with van der Waals surface area (Å²) in [6.45, 7) is 6.32. The van der Waals surface area contributed by atoms with Gasteiger partial charge in [-0.1, -0.05) is 30.4 Å². The molecule has 1 aromatic rings. The van der Waals surface area contributed by atoms with Crippen molar-refractivity contribution in [3.05, 3.63) is 47.8 Å². The van der Waals surface area contributed by atoms with Crippen molar-refractivity contribution in [2.75, 3.05) is 32.7 Å². The molecule has 0 unspecified atom stereocenters. The molecule has 0 amide bonds. The quantitative estimate of drug-likeness (QED) is 0.784. The van der Waals surface area contributed by atoms with Crippen LogP contribution in [-0.4, -0.2) is 42.5 Å². The summed E-state index contributed by atoms with van der Waals surface area (Å²) >= 11 is 0. The SMILES string of the molecule is Fc1ccccc1CN1CCN(C[C@@H]2CC=CCC2)CC1. The highest BCUT2D eigenvalue weighted by atomic mass is 19.1. The topological polar surface area (TPSA) is 6.48 Å². The zero-order valence-electron chi connectivity index (χ0n) is 12.7. The highest BCUT2D eigenvalue weighted by Crippen LogP contribution is 2.20. The smallest absolute Gasteiger partial charge is 0.127 e. The molecule has 3 rings (SSSR count). The van der Waals surface area contributed by atoms with Crippen LogP contribution in [0.25, 0.3) is 0 Å². The zero-order chi connectivity index (χ0) is 14.5. The monoisotopic (exact) mass is 288 g/mol. The van der Waals surface area contributed by atoms with E-state index in [9.17, 15) is 4.39 Å². The maximum absolute atomic E-state index is 13.7. The Bertz CT molecular complexity index is 478. The van der Waals surface area contributed by atoms with Gasteiger partial charge in [-0.3, -0.25) is 4.90 Å². The lowest BCUT2D eigenvalue weighted by Gasteiger charge is -2.36. The van der Waals surface area contributed by atoms with Crippen molar-refractivity contribution in [1.29, 1.82) is 0 Å². The van der Waals surface area contributed by atoms with Gasteiger partial charge in [-0.15, -0.1) is 0 Å². The highest BCUT2D eigenvalue weighted by molar-refractivity contribution is 5.17. The Labute approximate surface area is 127 Å². The fraction of sp³-hybridized carbons (Fsp3) is 0.556. The molecule has 2 nitrogen and oxygen atoms in total. The molecule has 1 fully saturated rings. The van der Waals surface area contributed by atoms with E-state index in [4.69, 9.17) is 0 Å². The molecule has 1 aromatic carbocycles. The molecular weight excluding hydrogens is 263 g/mol. The number of nitrogens with zero attached hydrogens (tertiary/aromatic N) is 2. The van der Waals surface area contributed by atoms with E-state index in [1.807, 2.05) is 12.1 Å². The third-order valence-electron chi connectivity index (χ3n) is 4.71. The van der Waals surface area contributed by atoms with E-state index in [0.717, 1.165) is 44.2 Å². The number of rotatable bonds is 4. The van der Waals surface area contributed by atoms with Gasteiger partial charge in [0.1, 0.15) is 5.82 Å². The molecule has 0 bridgehead atoms. The van der Waals surface area contributed by atoms with E-state index in [0.29, 0.717) is 0 Å². The van der Waals surface area contributed by atoms with Gasteiger partial charge in [0.2, 0.25) is 0 Å². The van der Waals surface area contributed by atoms with Gasteiger partial charge in [0.05, 0.1) is 0 Å². The minimum atomic E-state index is -0.0751. The maximum Gasteiger partial charge on any atom is 0.127 e. The van der Waals surface area contributed by atoms with Gasteiger partial charge in [-0.05, 0) is 31.2 Å². The summed E-state index contributed by atoms with van der Waals surface area (Å²) in [4.78, 5) is 4.96. The van der Waals surface area contributed by atoms with Crippen molar-refractivity contribution in [3.63, 3.8) is 0 Å². The van der Waals surface area contributed by atoms with Gasteiger partial charge in [0.25, 0.3) is 0 Å². The summed E-state index contributed by atoms with van der Waals surface area (Å²) in [5.74, 6) is 0.766. The Morgan fingerprint density at radius 3 is 2.48 bits per heavy atom. The third-order valence-corrected chi connectivity index (χ3v) is 4.71. The second kappa shape index (κ2) is 7.19. The number of hydrogen-bond acceptors (Lipinski definition) is 2. The van der Waals surface area contributed by atoms with Gasteiger partial charge >= 0.3 is 0 Å². The molecule has 0 aromatic heterocycles. The standard InChI is InChI=1S/C18H25FN2/c19-18-9-5-4-8-17(18)15-21-12-10-20(11-13-21)14-16-6-2-1-3-7-16/h1-2,4-5,8-9,16H,3,6-7,10-15H2/t16-/m1/s1. The van der Waals surface area contributed by atoms with E-state index in [1.165, 1.54) is 25.8 Å². The summed E-state index contributed by atoms with van der Waals surface area (Å²) in [5, 5.41) is 0. The summed E-state index contributed by atoms with van der Waals surface area (Å²) in [6, 6.07) is 7.14. The lowest BCUT2D eigenvalue weighted by Crippen LogP contribution is -2.47. The van der Waals surface area contributed by atoms with Gasteiger partial charge in [-0.25, -0.2) is 4.39 Å². The van der Waals surface area contributed by atoms with E-state index in [1.54, 1.807) is 12.1 Å². The molecule has 3 heteroatoms. The average Bonchev–Trinajstić information content (AvgIpc) is 2.52. The van der Waals surface area contributed by atoms with Crippen LogP contribution in [0.1, 0.15) is 24.8 Å². The van der Waals surface area contributed by atoms with Crippen LogP contribution >= 0.6 is 0 Å². The van der Waals surface area contributed by atoms with E-state index in [-0.39, 0.29) is 5.82 Å². The average molecular weight is 288 g/mol. The predicted molar refractivity (Wildman–Crippen MR) is 84.6 cm³/mol. The van der Waals surface area contributed by atoms with Gasteiger partial charge < -0.3 is 4.90 Å². The first kappa shape index (κ1) is 14.7. The molecule has 2 aliphatic rings. The zero-order valence-corrected chi connectivity index (χ0v) is 12.7. The number of allylic oxidation sites excluding steroid dienone is 2. The number of piperazine rings is 1. The van der Waals surface area contributed by atoms with Crippen molar-refractivity contribution < 1.29 is 4.39 Å². The fourth-order valence-corrected chi connectivity index (χ4v) is 3.38. The lowest BCUT2D eigenvalue weighted by molar-refractivity contribution is 0.110. The molecule has 114 valence electrons. The van der Waals surface area contributed by atoms with Crippen LogP contribution in [0.2, 0.25) is 0 Å². The van der Waals surface area contributed by atoms with Gasteiger partial charge in [-0.2, -0.15) is 0 Å². The Hall–Kier alpha value is -1.19. The molecule has 0 saturated carbocycles. The normalized spacial score (nSPS) is 24.3. The van der Waals surface area contributed by atoms with Crippen LogP contribution in [-0.2, 0) is 6.54 Å². The number of halogens is 1. The predicted octanol–water partition coefficient (Wildman–Crippen LogP) is 3.30. The van der Waals surface area contributed by atoms with Crippen molar-refractivity contribution in [3.8, 4) is 0 Å². The first-order chi connectivity index (χ1) is 10.3. The minimum Gasteiger partial charge on any atom is -0.301 e. The Morgan fingerprint density at radius 1 is 1.00 bits per heavy atom. The first-order valence-electron chi connectivity index (χ1n) is 8.14. The van der Waals surface area contributed by atoms with Crippen molar-refractivity contribution >= 4 is 0 Å². The highest BCUT2D eigenvalue weighted by Gasteiger charge is 2.20. The molecule has 1 heterocycles. The summed E-state index contributed by atoms with van der Waals surface area (Å²) in [5.41, 5.74) is 0.823. The fourth-order valence-electron chi connectivity index (χ4n) is 3.38. The van der Waals surface area contributed by atoms with Crippen LogP contribution < -0.4 is 0 Å². The van der Waals surface area contributed by atoms with Crippen LogP contribution in [0.4, 0.5) is 4.39 Å². The molecule has 1 atom stereocenters. The Morgan fingerprint density at radius 2 is 1.76 bits per heavy atom. The Kier molecular flexibility index (Phi) is 5.04. The third kappa shape index (κ3) is 4.14. The molecule has 1 aliphatic heterocycles. The van der Waals surface area contributed by atoms with Crippen LogP contribution in [0, 0.1) is 11.7 Å². The second-order valence-corrected chi connectivity index (χ2v) is 6.32. The summed E-state index contributed by atoms with van der Waals surface area (Å²) in [6.07, 6.45) is 8.48. The van der Waals surface area contributed by atoms with E-state index >= 15 is 0 Å². The van der Waals surface area contributed by atoms with Crippen LogP contribution in [0.3, 0.4) is 0 Å². The molecule has 21 heavy (non-hydrogen) atoms. The number of hydrogen-bond donors (Lipinski definition) is 0. The molecule has 0 spiro atoms. The van der Waals surface area contributed by atoms with Crippen LogP contribution in [0.5, 0.6) is 0 Å². The lowest BCUT2D eigenvalue weighted by atomic mass is 9.94. The molecule has 0 N–H and O–H groups in total.